The topological polar surface area (TPSA) is 58.1 Å². The van der Waals surface area contributed by atoms with Gasteiger partial charge in [0.1, 0.15) is 5.82 Å². The molecule has 2 aromatic heterocycles. The standard InChI is InChI=1S/C22H24N4O/c1-26(16-13-19-11-14-23-15-12-19)21-9-8-20(17-24-21)25-22(27)10-7-18-5-3-2-4-6-18/h2-6,8-9,11-12,14-15,17H,7,10,13,16H2,1H3,(H,25,27). The van der Waals surface area contributed by atoms with Gasteiger partial charge < -0.3 is 10.2 Å². The van der Waals surface area contributed by atoms with E-state index in [1.165, 1.54) is 5.56 Å². The van der Waals surface area contributed by atoms with Crippen LogP contribution in [0.25, 0.3) is 0 Å². The van der Waals surface area contributed by atoms with Crippen LogP contribution in [0.2, 0.25) is 0 Å². The third-order valence-electron chi connectivity index (χ3n) is 4.39. The number of amides is 1. The molecule has 0 radical (unpaired) electrons. The number of anilines is 2. The number of pyridine rings is 2. The second kappa shape index (κ2) is 9.48. The van der Waals surface area contributed by atoms with E-state index in [0.29, 0.717) is 6.42 Å². The monoisotopic (exact) mass is 360 g/mol. The lowest BCUT2D eigenvalue weighted by molar-refractivity contribution is -0.116. The van der Waals surface area contributed by atoms with Crippen LogP contribution in [0.3, 0.4) is 0 Å². The van der Waals surface area contributed by atoms with Crippen LogP contribution in [0.1, 0.15) is 17.5 Å². The molecule has 0 fully saturated rings. The lowest BCUT2D eigenvalue weighted by Crippen LogP contribution is -2.21. The normalized spacial score (nSPS) is 10.4. The Morgan fingerprint density at radius 2 is 1.70 bits per heavy atom. The van der Waals surface area contributed by atoms with Gasteiger partial charge in [0, 0.05) is 32.4 Å². The van der Waals surface area contributed by atoms with Crippen molar-refractivity contribution < 1.29 is 4.79 Å². The second-order valence-corrected chi connectivity index (χ2v) is 6.47. The average Bonchev–Trinajstić information content (AvgIpc) is 2.72. The summed E-state index contributed by atoms with van der Waals surface area (Å²) >= 11 is 0. The molecule has 1 amide bonds. The predicted molar refractivity (Wildman–Crippen MR) is 109 cm³/mol. The van der Waals surface area contributed by atoms with Crippen LogP contribution < -0.4 is 10.2 Å². The molecule has 3 aromatic rings. The minimum absolute atomic E-state index is 0.000514. The molecular weight excluding hydrogens is 336 g/mol. The number of nitrogens with zero attached hydrogens (tertiary/aromatic N) is 3. The molecule has 0 aliphatic carbocycles. The Bertz CT molecular complexity index is 835. The van der Waals surface area contributed by atoms with E-state index in [0.717, 1.165) is 36.5 Å². The number of aryl methyl sites for hydroxylation is 1. The summed E-state index contributed by atoms with van der Waals surface area (Å²) in [7, 11) is 2.02. The molecule has 0 saturated heterocycles. The number of hydrogen-bond donors (Lipinski definition) is 1. The summed E-state index contributed by atoms with van der Waals surface area (Å²) in [6.07, 6.45) is 7.44. The molecule has 3 rings (SSSR count). The molecule has 5 heteroatoms. The van der Waals surface area contributed by atoms with E-state index < -0.39 is 0 Å². The van der Waals surface area contributed by atoms with Crippen LogP contribution in [0.15, 0.2) is 73.2 Å². The first kappa shape index (κ1) is 18.6. The Labute approximate surface area is 160 Å². The third kappa shape index (κ3) is 5.92. The van der Waals surface area contributed by atoms with Crippen LogP contribution in [-0.2, 0) is 17.6 Å². The van der Waals surface area contributed by atoms with Gasteiger partial charge in [0.15, 0.2) is 0 Å². The number of likely N-dealkylation sites (N-methyl/N-ethyl adjacent to an activating group) is 1. The molecule has 0 spiro atoms. The summed E-state index contributed by atoms with van der Waals surface area (Å²) in [6.45, 7) is 0.861. The smallest absolute Gasteiger partial charge is 0.224 e. The number of aromatic nitrogens is 2. The lowest BCUT2D eigenvalue weighted by Gasteiger charge is -2.18. The maximum Gasteiger partial charge on any atom is 0.224 e. The number of hydrogen-bond acceptors (Lipinski definition) is 4. The van der Waals surface area contributed by atoms with Crippen molar-refractivity contribution in [3.05, 3.63) is 84.3 Å². The van der Waals surface area contributed by atoms with Gasteiger partial charge in [0.2, 0.25) is 5.91 Å². The molecule has 1 aromatic carbocycles. The Balaban J connectivity index is 1.47. The SMILES string of the molecule is CN(CCc1ccncc1)c1ccc(NC(=O)CCc2ccccc2)cn1. The fourth-order valence-electron chi connectivity index (χ4n) is 2.77. The third-order valence-corrected chi connectivity index (χ3v) is 4.39. The maximum atomic E-state index is 12.1. The summed E-state index contributed by atoms with van der Waals surface area (Å²) < 4.78 is 0. The van der Waals surface area contributed by atoms with E-state index >= 15 is 0 Å². The second-order valence-electron chi connectivity index (χ2n) is 6.47. The van der Waals surface area contributed by atoms with E-state index in [2.05, 4.69) is 20.2 Å². The van der Waals surface area contributed by atoms with Gasteiger partial charge in [0.05, 0.1) is 11.9 Å². The average molecular weight is 360 g/mol. The van der Waals surface area contributed by atoms with E-state index in [4.69, 9.17) is 0 Å². The molecule has 2 heterocycles. The molecule has 0 unspecified atom stereocenters. The number of benzene rings is 1. The summed E-state index contributed by atoms with van der Waals surface area (Å²) in [5.74, 6) is 0.880. The zero-order valence-electron chi connectivity index (χ0n) is 15.5. The first-order valence-electron chi connectivity index (χ1n) is 9.10. The highest BCUT2D eigenvalue weighted by molar-refractivity contribution is 5.90. The fourth-order valence-corrected chi connectivity index (χ4v) is 2.77. The Hall–Kier alpha value is -3.21. The predicted octanol–water partition coefficient (Wildman–Crippen LogP) is 3.73. The molecule has 5 nitrogen and oxygen atoms in total. The van der Waals surface area contributed by atoms with E-state index in [1.807, 2.05) is 74.0 Å². The van der Waals surface area contributed by atoms with Crippen LogP contribution in [0.4, 0.5) is 11.5 Å². The van der Waals surface area contributed by atoms with Crippen molar-refractivity contribution in [3.63, 3.8) is 0 Å². The summed E-state index contributed by atoms with van der Waals surface area (Å²) in [4.78, 5) is 22.7. The van der Waals surface area contributed by atoms with Crippen molar-refractivity contribution in [2.75, 3.05) is 23.8 Å². The maximum absolute atomic E-state index is 12.1. The molecule has 1 N–H and O–H groups in total. The van der Waals surface area contributed by atoms with Crippen LogP contribution in [0.5, 0.6) is 0 Å². The summed E-state index contributed by atoms with van der Waals surface area (Å²) in [6, 6.07) is 17.9. The van der Waals surface area contributed by atoms with Gasteiger partial charge in [-0.1, -0.05) is 30.3 Å². The van der Waals surface area contributed by atoms with Crippen molar-refractivity contribution in [3.8, 4) is 0 Å². The first-order valence-corrected chi connectivity index (χ1v) is 9.10. The van der Waals surface area contributed by atoms with E-state index in [9.17, 15) is 4.79 Å². The minimum Gasteiger partial charge on any atom is -0.359 e. The van der Waals surface area contributed by atoms with Gasteiger partial charge in [-0.25, -0.2) is 4.98 Å². The number of carbonyl (C=O) groups excluding carboxylic acids is 1. The molecule has 0 saturated carbocycles. The van der Waals surface area contributed by atoms with Crippen LogP contribution in [-0.4, -0.2) is 29.5 Å². The van der Waals surface area contributed by atoms with Gasteiger partial charge in [-0.2, -0.15) is 0 Å². The highest BCUT2D eigenvalue weighted by Gasteiger charge is 2.06. The van der Waals surface area contributed by atoms with Gasteiger partial charge in [-0.3, -0.25) is 9.78 Å². The zero-order chi connectivity index (χ0) is 18.9. The highest BCUT2D eigenvalue weighted by Crippen LogP contribution is 2.14. The van der Waals surface area contributed by atoms with Crippen molar-refractivity contribution in [2.24, 2.45) is 0 Å². The molecule has 0 aliphatic rings. The molecular formula is C22H24N4O. The summed E-state index contributed by atoms with van der Waals surface area (Å²) in [5, 5.41) is 2.91. The van der Waals surface area contributed by atoms with E-state index in [-0.39, 0.29) is 5.91 Å². The molecule has 138 valence electrons. The minimum atomic E-state index is -0.000514. The van der Waals surface area contributed by atoms with Crippen molar-refractivity contribution in [2.45, 2.75) is 19.3 Å². The van der Waals surface area contributed by atoms with E-state index in [1.54, 1.807) is 6.20 Å². The molecule has 0 aliphatic heterocycles. The van der Waals surface area contributed by atoms with Gasteiger partial charge in [-0.15, -0.1) is 0 Å². The van der Waals surface area contributed by atoms with Crippen molar-refractivity contribution >= 4 is 17.4 Å². The Morgan fingerprint density at radius 3 is 2.41 bits per heavy atom. The fraction of sp³-hybridized carbons (Fsp3) is 0.227. The Kier molecular flexibility index (Phi) is 6.52. The molecule has 0 atom stereocenters. The lowest BCUT2D eigenvalue weighted by atomic mass is 10.1. The number of rotatable bonds is 8. The van der Waals surface area contributed by atoms with Crippen LogP contribution >= 0.6 is 0 Å². The number of nitrogens with one attached hydrogen (secondary N) is 1. The van der Waals surface area contributed by atoms with Crippen LogP contribution in [0, 0.1) is 0 Å². The highest BCUT2D eigenvalue weighted by atomic mass is 16.1. The van der Waals surface area contributed by atoms with Gasteiger partial charge in [0.25, 0.3) is 0 Å². The Morgan fingerprint density at radius 1 is 0.963 bits per heavy atom. The zero-order valence-corrected chi connectivity index (χ0v) is 15.5. The molecule has 0 bridgehead atoms. The largest absolute Gasteiger partial charge is 0.359 e. The summed E-state index contributed by atoms with van der Waals surface area (Å²) in [5.41, 5.74) is 3.13. The van der Waals surface area contributed by atoms with Gasteiger partial charge >= 0.3 is 0 Å². The molecule has 27 heavy (non-hydrogen) atoms. The quantitative estimate of drug-likeness (QED) is 0.665. The van der Waals surface area contributed by atoms with Gasteiger partial charge in [-0.05, 0) is 48.2 Å². The number of carbonyl (C=O) groups is 1. The van der Waals surface area contributed by atoms with Crippen molar-refractivity contribution in [1.29, 1.82) is 0 Å². The van der Waals surface area contributed by atoms with Crippen molar-refractivity contribution in [1.82, 2.24) is 9.97 Å². The first-order chi connectivity index (χ1) is 13.2.